The average Bonchev–Trinajstić information content (AvgIpc) is 3.38. The van der Waals surface area contributed by atoms with Gasteiger partial charge in [0.15, 0.2) is 0 Å². The molecule has 1 aromatic heterocycles. The van der Waals surface area contributed by atoms with Crippen LogP contribution in [0, 0.1) is 0 Å². The maximum Gasteiger partial charge on any atom is 0.333 e. The van der Waals surface area contributed by atoms with Crippen LogP contribution < -0.4 is 5.32 Å². The zero-order chi connectivity index (χ0) is 24.8. The zero-order valence-electron chi connectivity index (χ0n) is 19.6. The fourth-order valence-corrected chi connectivity index (χ4v) is 4.21. The summed E-state index contributed by atoms with van der Waals surface area (Å²) >= 11 is 0. The minimum absolute atomic E-state index is 0.00584. The number of aromatic nitrogens is 1. The van der Waals surface area contributed by atoms with E-state index in [1.807, 2.05) is 18.2 Å². The van der Waals surface area contributed by atoms with Crippen molar-refractivity contribution in [1.29, 1.82) is 0 Å². The quantitative estimate of drug-likeness (QED) is 0.180. The smallest absolute Gasteiger partial charge is 0.333 e. The number of hydrogen-bond acceptors (Lipinski definition) is 13. The predicted octanol–water partition coefficient (Wildman–Crippen LogP) is 1.42. The Kier molecular flexibility index (Phi) is 17.6. The molecular formula is C21H33N3O9S2. The van der Waals surface area contributed by atoms with Crippen molar-refractivity contribution in [3.63, 3.8) is 0 Å². The second-order valence-corrected chi connectivity index (χ2v) is 9.16. The molecule has 2 rings (SSSR count). The van der Waals surface area contributed by atoms with Crippen molar-refractivity contribution < 1.29 is 43.0 Å². The van der Waals surface area contributed by atoms with E-state index in [4.69, 9.17) is 33.5 Å². The van der Waals surface area contributed by atoms with Crippen molar-refractivity contribution in [1.82, 2.24) is 15.7 Å². The summed E-state index contributed by atoms with van der Waals surface area (Å²) in [7, 11) is 3.17. The van der Waals surface area contributed by atoms with Gasteiger partial charge in [-0.05, 0) is 22.9 Å². The van der Waals surface area contributed by atoms with E-state index < -0.39 is 5.97 Å². The van der Waals surface area contributed by atoms with Crippen molar-refractivity contribution in [2.45, 2.75) is 17.9 Å². The van der Waals surface area contributed by atoms with E-state index in [1.54, 1.807) is 27.8 Å². The molecule has 1 aromatic rings. The van der Waals surface area contributed by atoms with Crippen LogP contribution in [-0.2, 0) is 43.0 Å². The summed E-state index contributed by atoms with van der Waals surface area (Å²) < 4.78 is 21.5. The lowest BCUT2D eigenvalue weighted by atomic mass is 10.4. The first kappa shape index (κ1) is 29.7. The molecule has 12 nitrogen and oxygen atoms in total. The Morgan fingerprint density at radius 3 is 2.23 bits per heavy atom. The highest BCUT2D eigenvalue weighted by Gasteiger charge is 2.18. The van der Waals surface area contributed by atoms with Gasteiger partial charge >= 0.3 is 5.97 Å². The summed E-state index contributed by atoms with van der Waals surface area (Å²) in [4.78, 5) is 41.9. The molecule has 0 radical (unpaired) electrons. The molecule has 1 aliphatic heterocycles. The van der Waals surface area contributed by atoms with Crippen LogP contribution in [0.25, 0.3) is 0 Å². The molecule has 0 spiro atoms. The number of carbonyl (C=O) groups is 2. The highest BCUT2D eigenvalue weighted by Crippen LogP contribution is 2.29. The average molecular weight is 536 g/mol. The molecule has 198 valence electrons. The minimum atomic E-state index is -0.503. The number of rotatable bonds is 21. The fraction of sp³-hybridized carbons (Fsp3) is 0.667. The van der Waals surface area contributed by atoms with Gasteiger partial charge in [0.25, 0.3) is 0 Å². The first-order valence-corrected chi connectivity index (χ1v) is 13.6. The van der Waals surface area contributed by atoms with Crippen molar-refractivity contribution >= 4 is 33.5 Å². The Morgan fingerprint density at radius 1 is 0.914 bits per heavy atom. The number of nitrogens with one attached hydrogen (secondary N) is 1. The summed E-state index contributed by atoms with van der Waals surface area (Å²) in [5.74, 6) is 0.220. The molecule has 0 unspecified atom stereocenters. The third-order valence-corrected chi connectivity index (χ3v) is 6.25. The van der Waals surface area contributed by atoms with Gasteiger partial charge in [-0.25, -0.2) is 14.7 Å². The molecule has 0 saturated carbocycles. The molecule has 0 aromatic carbocycles. The molecule has 0 atom stereocenters. The zero-order valence-corrected chi connectivity index (χ0v) is 21.2. The lowest BCUT2D eigenvalue weighted by molar-refractivity contribution is -0.460. The van der Waals surface area contributed by atoms with E-state index in [0.29, 0.717) is 77.8 Å². The van der Waals surface area contributed by atoms with Crippen LogP contribution in [0.4, 0.5) is 0 Å². The van der Waals surface area contributed by atoms with Crippen LogP contribution >= 0.6 is 21.6 Å². The second-order valence-electron chi connectivity index (χ2n) is 6.73. The third-order valence-electron chi connectivity index (χ3n) is 3.98. The van der Waals surface area contributed by atoms with Gasteiger partial charge < -0.3 is 29.1 Å². The van der Waals surface area contributed by atoms with Crippen LogP contribution in [0.2, 0.25) is 0 Å². The summed E-state index contributed by atoms with van der Waals surface area (Å²) in [5.41, 5.74) is 0. The Balaban J connectivity index is 1.24. The van der Waals surface area contributed by atoms with Crippen LogP contribution in [0.3, 0.4) is 0 Å². The van der Waals surface area contributed by atoms with E-state index in [0.717, 1.165) is 10.8 Å². The van der Waals surface area contributed by atoms with E-state index >= 15 is 0 Å². The highest BCUT2D eigenvalue weighted by molar-refractivity contribution is 8.76. The lowest BCUT2D eigenvalue weighted by Crippen LogP contribution is -2.27. The first-order valence-electron chi connectivity index (χ1n) is 11.3. The van der Waals surface area contributed by atoms with Gasteiger partial charge in [0, 0.05) is 24.9 Å². The maximum atomic E-state index is 11.8. The van der Waals surface area contributed by atoms with Crippen LogP contribution in [0.15, 0.2) is 29.4 Å². The molecular weight excluding hydrogens is 502 g/mol. The number of pyridine rings is 1. The summed E-state index contributed by atoms with van der Waals surface area (Å²) in [6, 6.07) is 5.75. The van der Waals surface area contributed by atoms with Crippen molar-refractivity contribution in [2.75, 3.05) is 78.4 Å². The van der Waals surface area contributed by atoms with E-state index in [9.17, 15) is 9.59 Å². The van der Waals surface area contributed by atoms with E-state index in [2.05, 4.69) is 10.3 Å². The molecule has 0 aliphatic carbocycles. The highest BCUT2D eigenvalue weighted by atomic mass is 33.1. The molecule has 14 heteroatoms. The third kappa shape index (κ3) is 16.7. The summed E-state index contributed by atoms with van der Waals surface area (Å²) in [6.45, 7) is 4.35. The van der Waals surface area contributed by atoms with Crippen LogP contribution in [-0.4, -0.2) is 101 Å². The monoisotopic (exact) mass is 535 g/mol. The minimum Gasteiger partial charge on any atom is -0.378 e. The van der Waals surface area contributed by atoms with E-state index in [-0.39, 0.29) is 18.9 Å². The summed E-state index contributed by atoms with van der Waals surface area (Å²) in [5, 5.41) is 4.48. The Hall–Kier alpha value is -1.49. The molecule has 1 saturated heterocycles. The molecule has 1 fully saturated rings. The van der Waals surface area contributed by atoms with Gasteiger partial charge in [-0.15, -0.1) is 0 Å². The number of hydrogen-bond donors (Lipinski definition) is 1. The number of ether oxygens (including phenoxy) is 4. The fourth-order valence-electron chi connectivity index (χ4n) is 2.34. The molecule has 0 bridgehead atoms. The second kappa shape index (κ2) is 20.7. The number of carbonyl (C=O) groups excluding carboxylic acids is 2. The van der Waals surface area contributed by atoms with Gasteiger partial charge in [0.05, 0.1) is 59.3 Å². The largest absolute Gasteiger partial charge is 0.378 e. The van der Waals surface area contributed by atoms with Crippen molar-refractivity contribution in [2.24, 2.45) is 0 Å². The Bertz CT molecular complexity index is 685. The Labute approximate surface area is 212 Å². The van der Waals surface area contributed by atoms with Crippen LogP contribution in [0.5, 0.6) is 0 Å². The van der Waals surface area contributed by atoms with Crippen LogP contribution in [0.1, 0.15) is 12.8 Å². The standard InChI is InChI=1S/C21H33N3O9S2/c25-19(5-18-34-35-20-3-1-2-6-23-20)22-7-9-28-11-13-30-15-14-29-12-10-27-8-4-21(26)33-24-31-16-17-32-24/h1-3,6H,4-5,7-18H2,(H,22,25). The SMILES string of the molecule is O=C(CCSSc1ccccn1)NCCOCCOCCOCCOCCC(=O)ON1OCCO1. The van der Waals surface area contributed by atoms with E-state index in [1.165, 1.54) is 0 Å². The molecule has 1 aliphatic rings. The summed E-state index contributed by atoms with van der Waals surface area (Å²) in [6.07, 6.45) is 2.29. The van der Waals surface area contributed by atoms with Gasteiger partial charge in [0.1, 0.15) is 23.6 Å². The molecule has 1 amide bonds. The van der Waals surface area contributed by atoms with Gasteiger partial charge in [-0.2, -0.15) is 0 Å². The van der Waals surface area contributed by atoms with Crippen molar-refractivity contribution in [3.8, 4) is 0 Å². The number of amides is 1. The first-order chi connectivity index (χ1) is 17.2. The van der Waals surface area contributed by atoms with Gasteiger partial charge in [-0.3, -0.25) is 9.59 Å². The maximum absolute atomic E-state index is 11.8. The lowest BCUT2D eigenvalue weighted by Gasteiger charge is -2.10. The molecule has 1 N–H and O–H groups in total. The topological polar surface area (TPSA) is 127 Å². The normalized spacial score (nSPS) is 13.7. The van der Waals surface area contributed by atoms with Gasteiger partial charge in [-0.1, -0.05) is 16.9 Å². The van der Waals surface area contributed by atoms with Gasteiger partial charge in [0.2, 0.25) is 5.91 Å². The molecule has 2 heterocycles. The predicted molar refractivity (Wildman–Crippen MR) is 128 cm³/mol. The molecule has 35 heavy (non-hydrogen) atoms. The van der Waals surface area contributed by atoms with Crippen molar-refractivity contribution in [3.05, 3.63) is 24.4 Å². The number of nitrogens with zero attached hydrogens (tertiary/aromatic N) is 2. The Morgan fingerprint density at radius 2 is 1.57 bits per heavy atom.